The number of thiazole rings is 2. The number of aromatic nitrogens is 2. The van der Waals surface area contributed by atoms with Crippen LogP contribution < -0.4 is 10.6 Å². The Morgan fingerprint density at radius 1 is 0.857 bits per heavy atom. The summed E-state index contributed by atoms with van der Waals surface area (Å²) in [4.78, 5) is 33.8. The van der Waals surface area contributed by atoms with Crippen molar-refractivity contribution in [2.45, 2.75) is 19.8 Å². The third-order valence-corrected chi connectivity index (χ3v) is 7.18. The van der Waals surface area contributed by atoms with E-state index in [9.17, 15) is 9.59 Å². The van der Waals surface area contributed by atoms with Gasteiger partial charge in [-0.05, 0) is 54.4 Å². The first-order valence-electron chi connectivity index (χ1n) is 11.1. The van der Waals surface area contributed by atoms with E-state index in [4.69, 9.17) is 4.98 Å². The zero-order chi connectivity index (χ0) is 24.2. The molecule has 8 heteroatoms. The van der Waals surface area contributed by atoms with Gasteiger partial charge in [0.15, 0.2) is 5.13 Å². The van der Waals surface area contributed by atoms with Crippen LogP contribution in [0.25, 0.3) is 20.8 Å². The van der Waals surface area contributed by atoms with Crippen molar-refractivity contribution < 1.29 is 9.59 Å². The van der Waals surface area contributed by atoms with Crippen molar-refractivity contribution in [2.24, 2.45) is 0 Å². The lowest BCUT2D eigenvalue weighted by Gasteiger charge is -2.05. The molecular formula is C27H22N4O2S2. The lowest BCUT2D eigenvalue weighted by Crippen LogP contribution is -2.15. The number of nitrogens with zero attached hydrogens (tertiary/aromatic N) is 2. The van der Waals surface area contributed by atoms with Crippen LogP contribution >= 0.6 is 22.7 Å². The monoisotopic (exact) mass is 498 g/mol. The number of benzene rings is 3. The van der Waals surface area contributed by atoms with Gasteiger partial charge in [-0.2, -0.15) is 0 Å². The first-order chi connectivity index (χ1) is 17.0. The molecule has 2 N–H and O–H groups in total. The molecule has 5 rings (SSSR count). The van der Waals surface area contributed by atoms with Gasteiger partial charge in [-0.15, -0.1) is 22.7 Å². The molecule has 2 heterocycles. The summed E-state index contributed by atoms with van der Waals surface area (Å²) in [6.07, 6.45) is 0.410. The number of carbonyl (C=O) groups excluding carboxylic acids is 2. The van der Waals surface area contributed by atoms with Crippen molar-refractivity contribution in [1.29, 1.82) is 0 Å². The third-order valence-electron chi connectivity index (χ3n) is 5.31. The summed E-state index contributed by atoms with van der Waals surface area (Å²) in [5, 5.41) is 8.94. The Morgan fingerprint density at radius 2 is 1.63 bits per heavy atom. The molecule has 35 heavy (non-hydrogen) atoms. The van der Waals surface area contributed by atoms with Crippen LogP contribution in [0.2, 0.25) is 0 Å². The first-order valence-corrected chi connectivity index (χ1v) is 12.8. The normalized spacial score (nSPS) is 10.9. The second-order valence-corrected chi connectivity index (χ2v) is 10.0. The van der Waals surface area contributed by atoms with E-state index in [-0.39, 0.29) is 24.7 Å². The second-order valence-electron chi connectivity index (χ2n) is 8.15. The van der Waals surface area contributed by atoms with Crippen LogP contribution in [0.3, 0.4) is 0 Å². The summed E-state index contributed by atoms with van der Waals surface area (Å²) in [5.41, 5.74) is 5.48. The van der Waals surface area contributed by atoms with E-state index in [1.807, 2.05) is 60.7 Å². The Bertz CT molecular complexity index is 1490. The van der Waals surface area contributed by atoms with Crippen LogP contribution in [0, 0.1) is 6.92 Å². The van der Waals surface area contributed by atoms with Gasteiger partial charge < -0.3 is 10.6 Å². The lowest BCUT2D eigenvalue weighted by atomic mass is 10.1. The van der Waals surface area contributed by atoms with E-state index in [0.717, 1.165) is 26.4 Å². The largest absolute Gasteiger partial charge is 0.326 e. The smallest absolute Gasteiger partial charge is 0.230 e. The van der Waals surface area contributed by atoms with Gasteiger partial charge in [-0.3, -0.25) is 9.59 Å². The van der Waals surface area contributed by atoms with E-state index in [1.54, 1.807) is 16.7 Å². The van der Waals surface area contributed by atoms with E-state index < -0.39 is 0 Å². The Kier molecular flexibility index (Phi) is 6.65. The van der Waals surface area contributed by atoms with Crippen molar-refractivity contribution in [1.82, 2.24) is 9.97 Å². The third kappa shape index (κ3) is 5.79. The number of fused-ring (bicyclic) bond motifs is 1. The van der Waals surface area contributed by atoms with Gasteiger partial charge in [0, 0.05) is 16.6 Å². The van der Waals surface area contributed by atoms with Crippen molar-refractivity contribution in [3.05, 3.63) is 95.0 Å². The average molecular weight is 499 g/mol. The molecule has 5 aromatic rings. The molecule has 0 aliphatic carbocycles. The Balaban J connectivity index is 1.16. The Labute approximate surface area is 210 Å². The fourth-order valence-electron chi connectivity index (χ4n) is 3.61. The van der Waals surface area contributed by atoms with Gasteiger partial charge in [-0.1, -0.05) is 36.4 Å². The molecule has 0 unspecified atom stereocenters. The van der Waals surface area contributed by atoms with Gasteiger partial charge in [-0.25, -0.2) is 9.97 Å². The highest BCUT2D eigenvalue weighted by Gasteiger charge is 2.12. The lowest BCUT2D eigenvalue weighted by molar-refractivity contribution is -0.116. The summed E-state index contributed by atoms with van der Waals surface area (Å²) in [5.74, 6) is -0.300. The predicted octanol–water partition coefficient (Wildman–Crippen LogP) is 6.09. The number of aryl methyl sites for hydroxylation is 1. The fourth-order valence-corrected chi connectivity index (χ4v) is 5.41. The van der Waals surface area contributed by atoms with Crippen molar-refractivity contribution in [2.75, 3.05) is 10.6 Å². The molecule has 6 nitrogen and oxygen atoms in total. The first kappa shape index (κ1) is 22.9. The molecule has 0 saturated heterocycles. The maximum Gasteiger partial charge on any atom is 0.230 e. The summed E-state index contributed by atoms with van der Waals surface area (Å²) in [6, 6.07) is 23.4. The molecule has 0 fully saturated rings. The molecule has 0 bridgehead atoms. The highest BCUT2D eigenvalue weighted by Crippen LogP contribution is 2.31. The minimum atomic E-state index is -0.166. The molecule has 0 atom stereocenters. The van der Waals surface area contributed by atoms with Gasteiger partial charge in [0.1, 0.15) is 5.01 Å². The predicted molar refractivity (Wildman–Crippen MR) is 143 cm³/mol. The zero-order valence-corrected chi connectivity index (χ0v) is 20.6. The quantitative estimate of drug-likeness (QED) is 0.284. The highest BCUT2D eigenvalue weighted by molar-refractivity contribution is 7.21. The second kappa shape index (κ2) is 10.2. The molecule has 0 spiro atoms. The van der Waals surface area contributed by atoms with Crippen LogP contribution in [0.1, 0.15) is 16.8 Å². The summed E-state index contributed by atoms with van der Waals surface area (Å²) in [7, 11) is 0. The van der Waals surface area contributed by atoms with Crippen LogP contribution in [0.4, 0.5) is 10.8 Å². The number of nitrogens with one attached hydrogen (secondary N) is 2. The van der Waals surface area contributed by atoms with Crippen LogP contribution in [-0.4, -0.2) is 21.8 Å². The maximum atomic E-state index is 12.5. The molecule has 0 saturated carbocycles. The molecule has 0 aliphatic heterocycles. The SMILES string of the molecule is Cc1ccc2nc(-c3ccc(NC(=O)Cc4csc(NC(=O)Cc5ccccc5)n4)cc3)sc2c1. The number of rotatable bonds is 7. The van der Waals surface area contributed by atoms with E-state index in [0.29, 0.717) is 16.5 Å². The Morgan fingerprint density at radius 3 is 2.43 bits per heavy atom. The molecule has 2 aromatic heterocycles. The number of carbonyl (C=O) groups is 2. The van der Waals surface area contributed by atoms with Crippen LogP contribution in [0.15, 0.2) is 78.2 Å². The minimum Gasteiger partial charge on any atom is -0.326 e. The maximum absolute atomic E-state index is 12.5. The minimum absolute atomic E-state index is 0.129. The van der Waals surface area contributed by atoms with E-state index in [1.165, 1.54) is 16.9 Å². The van der Waals surface area contributed by atoms with Gasteiger partial charge in [0.2, 0.25) is 11.8 Å². The van der Waals surface area contributed by atoms with Crippen molar-refractivity contribution >= 4 is 55.5 Å². The summed E-state index contributed by atoms with van der Waals surface area (Å²) in [6.45, 7) is 2.07. The summed E-state index contributed by atoms with van der Waals surface area (Å²) >= 11 is 2.97. The standard InChI is InChI=1S/C27H22N4O2S2/c1-17-7-12-22-23(13-17)35-26(30-22)19-8-10-20(11-9-19)28-25(33)15-21-16-34-27(29-21)31-24(32)14-18-5-3-2-4-6-18/h2-13,16H,14-15H2,1H3,(H,28,33)(H,29,31,32). The van der Waals surface area contributed by atoms with Crippen molar-refractivity contribution in [3.8, 4) is 10.6 Å². The molecule has 0 radical (unpaired) electrons. The average Bonchev–Trinajstić information content (AvgIpc) is 3.46. The number of hydrogen-bond donors (Lipinski definition) is 2. The van der Waals surface area contributed by atoms with E-state index in [2.05, 4.69) is 34.7 Å². The molecule has 3 aromatic carbocycles. The number of hydrogen-bond acceptors (Lipinski definition) is 6. The summed E-state index contributed by atoms with van der Waals surface area (Å²) < 4.78 is 1.16. The van der Waals surface area contributed by atoms with Gasteiger partial charge in [0.05, 0.1) is 28.8 Å². The molecule has 2 amide bonds. The van der Waals surface area contributed by atoms with Crippen LogP contribution in [0.5, 0.6) is 0 Å². The molecular weight excluding hydrogens is 476 g/mol. The number of amides is 2. The van der Waals surface area contributed by atoms with Gasteiger partial charge >= 0.3 is 0 Å². The van der Waals surface area contributed by atoms with Crippen LogP contribution in [-0.2, 0) is 22.4 Å². The fraction of sp³-hybridized carbons (Fsp3) is 0.111. The van der Waals surface area contributed by atoms with E-state index >= 15 is 0 Å². The van der Waals surface area contributed by atoms with Gasteiger partial charge in [0.25, 0.3) is 0 Å². The number of anilines is 2. The molecule has 0 aliphatic rings. The Hall–Kier alpha value is -3.88. The highest BCUT2D eigenvalue weighted by atomic mass is 32.1. The topological polar surface area (TPSA) is 84.0 Å². The zero-order valence-electron chi connectivity index (χ0n) is 18.9. The van der Waals surface area contributed by atoms with Crippen molar-refractivity contribution in [3.63, 3.8) is 0 Å². The molecule has 174 valence electrons.